The second-order valence-corrected chi connectivity index (χ2v) is 6.81. The van der Waals surface area contributed by atoms with Gasteiger partial charge in [0.15, 0.2) is 0 Å². The summed E-state index contributed by atoms with van der Waals surface area (Å²) in [5.74, 6) is 0. The summed E-state index contributed by atoms with van der Waals surface area (Å²) in [6.07, 6.45) is 2.38. The summed E-state index contributed by atoms with van der Waals surface area (Å²) in [6.45, 7) is 7.10. The molecule has 1 saturated heterocycles. The highest BCUT2D eigenvalue weighted by Gasteiger charge is 2.42. The predicted octanol–water partition coefficient (Wildman–Crippen LogP) is 3.62. The van der Waals surface area contributed by atoms with E-state index in [1.54, 1.807) is 0 Å². The Hall–Kier alpha value is -0.610. The zero-order chi connectivity index (χ0) is 15.6. The molecule has 0 saturated carbocycles. The van der Waals surface area contributed by atoms with Gasteiger partial charge in [0.1, 0.15) is 0 Å². The Morgan fingerprint density at radius 2 is 1.90 bits per heavy atom. The largest absolute Gasteiger partial charge is 0.375 e. The maximum absolute atomic E-state index is 6.37. The molecular formula is C17H27ClN2O. The average molecular weight is 311 g/mol. The molecule has 2 rings (SSSR count). The van der Waals surface area contributed by atoms with Crippen LogP contribution in [0.5, 0.6) is 0 Å². The minimum absolute atomic E-state index is 0.0321. The molecule has 1 fully saturated rings. The van der Waals surface area contributed by atoms with Crippen LogP contribution in [-0.2, 0) is 4.74 Å². The molecular weight excluding hydrogens is 284 g/mol. The van der Waals surface area contributed by atoms with Crippen LogP contribution in [0.3, 0.4) is 0 Å². The first-order chi connectivity index (χ1) is 9.89. The lowest BCUT2D eigenvalue weighted by atomic mass is 9.81. The highest BCUT2D eigenvalue weighted by Crippen LogP contribution is 2.38. The molecule has 1 aromatic carbocycles. The molecule has 118 valence electrons. The van der Waals surface area contributed by atoms with Crippen molar-refractivity contribution in [3.8, 4) is 0 Å². The molecule has 21 heavy (non-hydrogen) atoms. The summed E-state index contributed by atoms with van der Waals surface area (Å²) in [5, 5.41) is 0.817. The lowest BCUT2D eigenvalue weighted by Crippen LogP contribution is -2.58. The number of benzene rings is 1. The fourth-order valence-electron chi connectivity index (χ4n) is 3.68. The van der Waals surface area contributed by atoms with Gasteiger partial charge in [0, 0.05) is 23.1 Å². The number of nitrogens with zero attached hydrogens (tertiary/aromatic N) is 1. The van der Waals surface area contributed by atoms with Gasteiger partial charge in [-0.25, -0.2) is 0 Å². The van der Waals surface area contributed by atoms with Crippen LogP contribution in [0, 0.1) is 0 Å². The van der Waals surface area contributed by atoms with Crippen LogP contribution in [0.2, 0.25) is 5.02 Å². The molecule has 0 bridgehead atoms. The first-order valence-corrected chi connectivity index (χ1v) is 8.10. The average Bonchev–Trinajstić information content (AvgIpc) is 2.45. The maximum atomic E-state index is 6.37. The normalized spacial score (nSPS) is 31.4. The molecule has 4 heteroatoms. The molecule has 1 aliphatic rings. The summed E-state index contributed by atoms with van der Waals surface area (Å²) in [5.41, 5.74) is 7.31. The summed E-state index contributed by atoms with van der Waals surface area (Å²) in [6, 6.07) is 8.27. The number of hydrogen-bond donors (Lipinski definition) is 1. The van der Waals surface area contributed by atoms with E-state index in [-0.39, 0.29) is 23.8 Å². The molecule has 0 spiro atoms. The van der Waals surface area contributed by atoms with Crippen molar-refractivity contribution >= 4 is 11.6 Å². The standard InChI is InChI=1S/C17H27ClN2O/c1-12-9-17(11-19,10-13(2)21-12)20(4)14(3)15-7-5-6-8-16(15)18/h5-8,12-14H,9-11,19H2,1-4H3. The molecule has 0 aliphatic carbocycles. The van der Waals surface area contributed by atoms with E-state index in [0.717, 1.165) is 23.4 Å². The SMILES string of the molecule is CC1CC(CN)(N(C)C(C)c2ccccc2Cl)CC(C)O1. The molecule has 0 amide bonds. The van der Waals surface area contributed by atoms with Gasteiger partial charge < -0.3 is 10.5 Å². The topological polar surface area (TPSA) is 38.5 Å². The third-order valence-corrected chi connectivity index (χ3v) is 5.21. The Morgan fingerprint density at radius 3 is 2.43 bits per heavy atom. The molecule has 3 unspecified atom stereocenters. The van der Waals surface area contributed by atoms with Gasteiger partial charge in [-0.3, -0.25) is 4.90 Å². The van der Waals surface area contributed by atoms with Crippen molar-refractivity contribution in [2.24, 2.45) is 5.73 Å². The van der Waals surface area contributed by atoms with Gasteiger partial charge in [-0.1, -0.05) is 29.8 Å². The molecule has 1 aromatic rings. The third kappa shape index (κ3) is 3.42. The summed E-state index contributed by atoms with van der Waals surface area (Å²) < 4.78 is 5.89. The fourth-order valence-corrected chi connectivity index (χ4v) is 3.97. The zero-order valence-electron chi connectivity index (χ0n) is 13.5. The van der Waals surface area contributed by atoms with E-state index in [2.05, 4.69) is 38.8 Å². The minimum atomic E-state index is -0.0321. The van der Waals surface area contributed by atoms with Crippen molar-refractivity contribution in [2.75, 3.05) is 13.6 Å². The Morgan fingerprint density at radius 1 is 1.33 bits per heavy atom. The van der Waals surface area contributed by atoms with Crippen LogP contribution in [0.15, 0.2) is 24.3 Å². The number of hydrogen-bond acceptors (Lipinski definition) is 3. The van der Waals surface area contributed by atoms with E-state index in [1.165, 1.54) is 0 Å². The monoisotopic (exact) mass is 310 g/mol. The maximum Gasteiger partial charge on any atom is 0.0568 e. The molecule has 3 nitrogen and oxygen atoms in total. The summed E-state index contributed by atoms with van der Waals surface area (Å²) >= 11 is 6.37. The molecule has 0 aromatic heterocycles. The Labute approximate surface area is 133 Å². The van der Waals surface area contributed by atoms with Crippen molar-refractivity contribution < 1.29 is 4.74 Å². The minimum Gasteiger partial charge on any atom is -0.375 e. The van der Waals surface area contributed by atoms with Gasteiger partial charge in [-0.2, -0.15) is 0 Å². The van der Waals surface area contributed by atoms with E-state index in [0.29, 0.717) is 6.54 Å². The summed E-state index contributed by atoms with van der Waals surface area (Å²) in [4.78, 5) is 2.39. The number of halogens is 1. The molecule has 0 radical (unpaired) electrons. The van der Waals surface area contributed by atoms with Gasteiger partial charge in [0.05, 0.1) is 12.2 Å². The number of rotatable bonds is 4. The van der Waals surface area contributed by atoms with E-state index in [9.17, 15) is 0 Å². The van der Waals surface area contributed by atoms with Crippen LogP contribution < -0.4 is 5.73 Å². The number of likely N-dealkylation sites (N-methyl/N-ethyl adjacent to an activating group) is 1. The van der Waals surface area contributed by atoms with Gasteiger partial charge in [0.2, 0.25) is 0 Å². The Kier molecular flexibility index (Phi) is 5.31. The van der Waals surface area contributed by atoms with Crippen molar-refractivity contribution in [3.05, 3.63) is 34.9 Å². The number of ether oxygens (including phenoxy) is 1. The second-order valence-electron chi connectivity index (χ2n) is 6.40. The quantitative estimate of drug-likeness (QED) is 0.923. The van der Waals surface area contributed by atoms with Crippen LogP contribution in [0.1, 0.15) is 45.2 Å². The van der Waals surface area contributed by atoms with E-state index in [1.807, 2.05) is 18.2 Å². The molecule has 1 aliphatic heterocycles. The molecule has 2 N–H and O–H groups in total. The van der Waals surface area contributed by atoms with E-state index < -0.39 is 0 Å². The van der Waals surface area contributed by atoms with Crippen LogP contribution in [0.25, 0.3) is 0 Å². The van der Waals surface area contributed by atoms with Gasteiger partial charge in [-0.05, 0) is 52.3 Å². The van der Waals surface area contributed by atoms with Crippen molar-refractivity contribution in [3.63, 3.8) is 0 Å². The Bertz CT molecular complexity index is 470. The van der Waals surface area contributed by atoms with Crippen LogP contribution >= 0.6 is 11.6 Å². The Balaban J connectivity index is 2.27. The fraction of sp³-hybridized carbons (Fsp3) is 0.647. The second kappa shape index (κ2) is 6.66. The smallest absolute Gasteiger partial charge is 0.0568 e. The van der Waals surface area contributed by atoms with Crippen molar-refractivity contribution in [1.82, 2.24) is 4.90 Å². The van der Waals surface area contributed by atoms with Crippen LogP contribution in [0.4, 0.5) is 0 Å². The number of nitrogens with two attached hydrogens (primary N) is 1. The van der Waals surface area contributed by atoms with Gasteiger partial charge >= 0.3 is 0 Å². The van der Waals surface area contributed by atoms with Crippen molar-refractivity contribution in [1.29, 1.82) is 0 Å². The van der Waals surface area contributed by atoms with Gasteiger partial charge in [-0.15, -0.1) is 0 Å². The first-order valence-electron chi connectivity index (χ1n) is 7.72. The first kappa shape index (κ1) is 16.8. The lowest BCUT2D eigenvalue weighted by molar-refractivity contribution is -0.105. The highest BCUT2D eigenvalue weighted by molar-refractivity contribution is 6.31. The molecule has 3 atom stereocenters. The van der Waals surface area contributed by atoms with Gasteiger partial charge in [0.25, 0.3) is 0 Å². The zero-order valence-corrected chi connectivity index (χ0v) is 14.2. The predicted molar refractivity (Wildman–Crippen MR) is 88.7 cm³/mol. The van der Waals surface area contributed by atoms with E-state index >= 15 is 0 Å². The third-order valence-electron chi connectivity index (χ3n) is 4.86. The summed E-state index contributed by atoms with van der Waals surface area (Å²) in [7, 11) is 2.16. The lowest BCUT2D eigenvalue weighted by Gasteiger charge is -2.50. The van der Waals surface area contributed by atoms with Crippen LogP contribution in [-0.4, -0.2) is 36.2 Å². The van der Waals surface area contributed by atoms with E-state index in [4.69, 9.17) is 22.1 Å². The highest BCUT2D eigenvalue weighted by atomic mass is 35.5. The molecule has 1 heterocycles. The van der Waals surface area contributed by atoms with Crippen molar-refractivity contribution in [2.45, 2.75) is 57.4 Å².